The number of carbonyl (C=O) groups is 1. The van der Waals surface area contributed by atoms with Crippen LogP contribution in [0.1, 0.15) is 23.1 Å². The number of nitrogens with one attached hydrogen (secondary N) is 1. The van der Waals surface area contributed by atoms with Crippen molar-refractivity contribution >= 4 is 5.91 Å². The van der Waals surface area contributed by atoms with Crippen LogP contribution in [0.5, 0.6) is 5.75 Å². The first kappa shape index (κ1) is 17.5. The molecule has 2 aromatic carbocycles. The molecule has 132 valence electrons. The van der Waals surface area contributed by atoms with Gasteiger partial charge in [0, 0.05) is 19.6 Å². The van der Waals surface area contributed by atoms with Gasteiger partial charge in [0.1, 0.15) is 12.4 Å². The highest BCUT2D eigenvalue weighted by atomic mass is 16.5. The topological polar surface area (TPSA) is 41.6 Å². The highest BCUT2D eigenvalue weighted by Crippen LogP contribution is 2.17. The Bertz CT molecular complexity index is 707. The Kier molecular flexibility index (Phi) is 6.07. The molecule has 0 unspecified atom stereocenters. The minimum Gasteiger partial charge on any atom is -0.489 e. The maximum atomic E-state index is 12.5. The van der Waals surface area contributed by atoms with Gasteiger partial charge in [0.15, 0.2) is 0 Å². The lowest BCUT2D eigenvalue weighted by Gasteiger charge is -2.20. The van der Waals surface area contributed by atoms with E-state index in [1.54, 1.807) is 0 Å². The van der Waals surface area contributed by atoms with E-state index >= 15 is 0 Å². The average Bonchev–Trinajstić information content (AvgIpc) is 2.90. The van der Waals surface area contributed by atoms with E-state index in [4.69, 9.17) is 4.74 Å². The molecule has 3 rings (SSSR count). The zero-order chi connectivity index (χ0) is 17.5. The molecule has 0 aliphatic carbocycles. The summed E-state index contributed by atoms with van der Waals surface area (Å²) in [5, 5.41) is 3.33. The number of hydrogen-bond donors (Lipinski definition) is 1. The summed E-state index contributed by atoms with van der Waals surface area (Å²) >= 11 is 0. The predicted octanol–water partition coefficient (Wildman–Crippen LogP) is 2.94. The molecular weight excluding hydrogens is 312 g/mol. The van der Waals surface area contributed by atoms with Gasteiger partial charge < -0.3 is 15.0 Å². The minimum atomic E-state index is 0.194. The molecule has 1 saturated heterocycles. The van der Waals surface area contributed by atoms with Gasteiger partial charge >= 0.3 is 0 Å². The number of hydrogen-bond acceptors (Lipinski definition) is 3. The summed E-state index contributed by atoms with van der Waals surface area (Å²) in [7, 11) is 0. The van der Waals surface area contributed by atoms with E-state index in [-0.39, 0.29) is 5.91 Å². The monoisotopic (exact) mass is 338 g/mol. The SMILES string of the molecule is Cc1cccc(COc2cccc(CC(=O)N3CCCNCC3)c2)c1. The fourth-order valence-corrected chi connectivity index (χ4v) is 3.10. The van der Waals surface area contributed by atoms with Crippen molar-refractivity contribution in [2.75, 3.05) is 26.2 Å². The molecule has 0 radical (unpaired) electrons. The fraction of sp³-hybridized carbons (Fsp3) is 0.381. The van der Waals surface area contributed by atoms with Crippen LogP contribution in [0.15, 0.2) is 48.5 Å². The van der Waals surface area contributed by atoms with E-state index in [0.717, 1.165) is 49.5 Å². The molecule has 0 atom stereocenters. The van der Waals surface area contributed by atoms with E-state index in [0.29, 0.717) is 13.0 Å². The number of benzene rings is 2. The number of amides is 1. The fourth-order valence-electron chi connectivity index (χ4n) is 3.10. The molecule has 1 aliphatic heterocycles. The first-order chi connectivity index (χ1) is 12.2. The van der Waals surface area contributed by atoms with Crippen molar-refractivity contribution in [3.05, 3.63) is 65.2 Å². The van der Waals surface area contributed by atoms with Crippen molar-refractivity contribution in [3.63, 3.8) is 0 Å². The number of aryl methyl sites for hydroxylation is 1. The van der Waals surface area contributed by atoms with Crippen molar-refractivity contribution < 1.29 is 9.53 Å². The van der Waals surface area contributed by atoms with Crippen LogP contribution in [0.25, 0.3) is 0 Å². The normalized spacial score (nSPS) is 14.8. The summed E-state index contributed by atoms with van der Waals surface area (Å²) in [6.07, 6.45) is 1.45. The molecule has 0 saturated carbocycles. The Labute approximate surface area is 149 Å². The summed E-state index contributed by atoms with van der Waals surface area (Å²) in [6, 6.07) is 16.2. The van der Waals surface area contributed by atoms with Crippen LogP contribution in [-0.4, -0.2) is 37.0 Å². The molecule has 1 fully saturated rings. The van der Waals surface area contributed by atoms with Crippen molar-refractivity contribution in [2.45, 2.75) is 26.4 Å². The predicted molar refractivity (Wildman–Crippen MR) is 99.7 cm³/mol. The molecule has 4 nitrogen and oxygen atoms in total. The first-order valence-electron chi connectivity index (χ1n) is 8.96. The first-order valence-corrected chi connectivity index (χ1v) is 8.96. The third-order valence-electron chi connectivity index (χ3n) is 4.43. The van der Waals surface area contributed by atoms with E-state index in [9.17, 15) is 4.79 Å². The summed E-state index contributed by atoms with van der Waals surface area (Å²) in [5.74, 6) is 1.00. The Morgan fingerprint density at radius 2 is 1.92 bits per heavy atom. The second-order valence-corrected chi connectivity index (χ2v) is 6.59. The molecule has 1 heterocycles. The zero-order valence-electron chi connectivity index (χ0n) is 14.8. The van der Waals surface area contributed by atoms with Crippen LogP contribution < -0.4 is 10.1 Å². The van der Waals surface area contributed by atoms with Gasteiger partial charge in [-0.2, -0.15) is 0 Å². The van der Waals surface area contributed by atoms with Gasteiger partial charge in [0.2, 0.25) is 5.91 Å². The number of rotatable bonds is 5. The van der Waals surface area contributed by atoms with Gasteiger partial charge in [0.25, 0.3) is 0 Å². The maximum Gasteiger partial charge on any atom is 0.227 e. The van der Waals surface area contributed by atoms with Crippen LogP contribution in [0.2, 0.25) is 0 Å². The second kappa shape index (κ2) is 8.67. The van der Waals surface area contributed by atoms with Gasteiger partial charge in [0.05, 0.1) is 6.42 Å². The van der Waals surface area contributed by atoms with Gasteiger partial charge in [-0.15, -0.1) is 0 Å². The molecule has 25 heavy (non-hydrogen) atoms. The minimum absolute atomic E-state index is 0.194. The van der Waals surface area contributed by atoms with Crippen LogP contribution >= 0.6 is 0 Å². The molecule has 1 aliphatic rings. The van der Waals surface area contributed by atoms with Crippen LogP contribution in [-0.2, 0) is 17.8 Å². The highest BCUT2D eigenvalue weighted by molar-refractivity contribution is 5.79. The molecule has 4 heteroatoms. The van der Waals surface area contributed by atoms with Crippen LogP contribution in [0.3, 0.4) is 0 Å². The number of ether oxygens (including phenoxy) is 1. The van der Waals surface area contributed by atoms with Crippen LogP contribution in [0, 0.1) is 6.92 Å². The lowest BCUT2D eigenvalue weighted by molar-refractivity contribution is -0.130. The second-order valence-electron chi connectivity index (χ2n) is 6.59. The van der Waals surface area contributed by atoms with Crippen molar-refractivity contribution in [1.29, 1.82) is 0 Å². The average molecular weight is 338 g/mol. The van der Waals surface area contributed by atoms with Gasteiger partial charge in [-0.25, -0.2) is 0 Å². The van der Waals surface area contributed by atoms with E-state index in [1.165, 1.54) is 5.56 Å². The van der Waals surface area contributed by atoms with Crippen molar-refractivity contribution in [3.8, 4) is 5.75 Å². The van der Waals surface area contributed by atoms with Crippen LogP contribution in [0.4, 0.5) is 0 Å². The van der Waals surface area contributed by atoms with E-state index in [2.05, 4.69) is 30.4 Å². The molecule has 2 aromatic rings. The standard InChI is InChI=1S/C21H26N2O2/c1-17-5-2-7-19(13-17)16-25-20-8-3-6-18(14-20)15-21(24)23-11-4-9-22-10-12-23/h2-3,5-8,13-14,22H,4,9-12,15-16H2,1H3. The van der Waals surface area contributed by atoms with Gasteiger partial charge in [-0.3, -0.25) is 4.79 Å². The quantitative estimate of drug-likeness (QED) is 0.911. The lowest BCUT2D eigenvalue weighted by Crippen LogP contribution is -2.35. The highest BCUT2D eigenvalue weighted by Gasteiger charge is 2.15. The van der Waals surface area contributed by atoms with E-state index < -0.39 is 0 Å². The molecule has 0 spiro atoms. The third kappa shape index (κ3) is 5.33. The van der Waals surface area contributed by atoms with Crippen molar-refractivity contribution in [1.82, 2.24) is 10.2 Å². The van der Waals surface area contributed by atoms with Gasteiger partial charge in [-0.05, 0) is 43.1 Å². The summed E-state index contributed by atoms with van der Waals surface area (Å²) in [6.45, 7) is 6.13. The Balaban J connectivity index is 1.58. The summed E-state index contributed by atoms with van der Waals surface area (Å²) in [4.78, 5) is 14.5. The largest absolute Gasteiger partial charge is 0.489 e. The molecule has 1 N–H and O–H groups in total. The molecular formula is C21H26N2O2. The number of carbonyl (C=O) groups excluding carboxylic acids is 1. The molecule has 1 amide bonds. The Morgan fingerprint density at radius 1 is 1.08 bits per heavy atom. The number of nitrogens with zero attached hydrogens (tertiary/aromatic N) is 1. The van der Waals surface area contributed by atoms with Crippen molar-refractivity contribution in [2.24, 2.45) is 0 Å². The smallest absolute Gasteiger partial charge is 0.227 e. The summed E-state index contributed by atoms with van der Waals surface area (Å²) in [5.41, 5.74) is 3.38. The van der Waals surface area contributed by atoms with Gasteiger partial charge in [-0.1, -0.05) is 42.0 Å². The third-order valence-corrected chi connectivity index (χ3v) is 4.43. The lowest BCUT2D eigenvalue weighted by atomic mass is 10.1. The Morgan fingerprint density at radius 3 is 2.80 bits per heavy atom. The molecule has 0 bridgehead atoms. The Hall–Kier alpha value is -2.33. The molecule has 0 aromatic heterocycles. The zero-order valence-corrected chi connectivity index (χ0v) is 14.8. The maximum absolute atomic E-state index is 12.5. The van der Waals surface area contributed by atoms with E-state index in [1.807, 2.05) is 35.2 Å². The summed E-state index contributed by atoms with van der Waals surface area (Å²) < 4.78 is 5.90.